The highest BCUT2D eigenvalue weighted by atomic mass is 16.6. The number of ether oxygens (including phenoxy) is 2. The Balaban J connectivity index is 1.48. The first-order valence-electron chi connectivity index (χ1n) is 17.1. The van der Waals surface area contributed by atoms with Gasteiger partial charge < -0.3 is 35.8 Å². The third-order valence-electron chi connectivity index (χ3n) is 11.9. The zero-order chi connectivity index (χ0) is 35.4. The lowest BCUT2D eigenvalue weighted by Gasteiger charge is -2.53. The van der Waals surface area contributed by atoms with Gasteiger partial charge in [-0.1, -0.05) is 69.0 Å². The van der Waals surface area contributed by atoms with Crippen LogP contribution in [0.1, 0.15) is 45.1 Å². The maximum atomic E-state index is 14.3. The Kier molecular flexibility index (Phi) is 9.34. The number of amides is 2. The number of Topliss-reactive ketones (excluding diaryl/α,β-unsaturated/α-hetero) is 1. The average Bonchev–Trinajstić information content (AvgIpc) is 3.50. The highest BCUT2D eigenvalue weighted by molar-refractivity contribution is 6.03. The number of hydrogen-bond acceptors (Lipinski definition) is 9. The van der Waals surface area contributed by atoms with Gasteiger partial charge in [0, 0.05) is 43.1 Å². The van der Waals surface area contributed by atoms with E-state index >= 15 is 0 Å². The van der Waals surface area contributed by atoms with Gasteiger partial charge in [0.25, 0.3) is 5.91 Å². The first-order chi connectivity index (χ1) is 23.3. The molecule has 1 aromatic rings. The lowest BCUT2D eigenvalue weighted by Crippen LogP contribution is -2.70. The number of benzene rings is 1. The van der Waals surface area contributed by atoms with Gasteiger partial charge in [-0.3, -0.25) is 14.4 Å². The quantitative estimate of drug-likeness (QED) is 0.235. The molecule has 3 unspecified atom stereocenters. The van der Waals surface area contributed by atoms with E-state index in [9.17, 15) is 34.5 Å². The second kappa shape index (κ2) is 13.1. The fourth-order valence-corrected chi connectivity index (χ4v) is 9.40. The van der Waals surface area contributed by atoms with E-state index in [0.717, 1.165) is 11.6 Å². The van der Waals surface area contributed by atoms with Crippen molar-refractivity contribution in [2.75, 3.05) is 7.11 Å². The molecule has 11 heteroatoms. The molecule has 3 aliphatic carbocycles. The van der Waals surface area contributed by atoms with Crippen LogP contribution >= 0.6 is 0 Å². The van der Waals surface area contributed by atoms with E-state index in [1.807, 2.05) is 50.3 Å². The number of carbonyl (C=O) groups is 4. The number of primary amides is 1. The molecular formula is C38H46N2O9. The molecule has 262 valence electrons. The Morgan fingerprint density at radius 3 is 2.49 bits per heavy atom. The van der Waals surface area contributed by atoms with Crippen LogP contribution in [-0.2, 0) is 35.1 Å². The lowest BCUT2D eigenvalue weighted by atomic mass is 9.54. The van der Waals surface area contributed by atoms with Crippen molar-refractivity contribution in [2.45, 2.75) is 82.0 Å². The monoisotopic (exact) mass is 674 g/mol. The van der Waals surface area contributed by atoms with E-state index in [2.05, 4.69) is 11.9 Å². The molecule has 6 rings (SSSR count). The van der Waals surface area contributed by atoms with Gasteiger partial charge in [-0.2, -0.15) is 0 Å². The fraction of sp³-hybridized carbons (Fsp3) is 0.526. The molecule has 1 aromatic carbocycles. The minimum absolute atomic E-state index is 0.00880. The number of carbonyl (C=O) groups excluding carboxylic acids is 4. The van der Waals surface area contributed by atoms with Gasteiger partial charge in [-0.15, -0.1) is 0 Å². The maximum absolute atomic E-state index is 14.3. The van der Waals surface area contributed by atoms with Crippen LogP contribution in [0.5, 0.6) is 0 Å². The molecule has 2 saturated carbocycles. The van der Waals surface area contributed by atoms with Crippen LogP contribution in [0.4, 0.5) is 0 Å². The number of allylic oxidation sites excluding steroid dienone is 2. The van der Waals surface area contributed by atoms with Crippen LogP contribution in [0, 0.1) is 35.0 Å². The summed E-state index contributed by atoms with van der Waals surface area (Å²) in [4.78, 5) is 55.2. The van der Waals surface area contributed by atoms with E-state index < -0.39 is 82.9 Å². The minimum atomic E-state index is -1.88. The second-order valence-corrected chi connectivity index (χ2v) is 14.4. The van der Waals surface area contributed by atoms with Gasteiger partial charge in [0.1, 0.15) is 5.41 Å². The van der Waals surface area contributed by atoms with Gasteiger partial charge >= 0.3 is 5.97 Å². The molecule has 11 nitrogen and oxygen atoms in total. The predicted molar refractivity (Wildman–Crippen MR) is 178 cm³/mol. The molecule has 1 spiro atoms. The number of aliphatic hydroxyl groups is 3. The summed E-state index contributed by atoms with van der Waals surface area (Å²) in [5.74, 6) is -5.73. The molecule has 2 heterocycles. The first kappa shape index (κ1) is 34.9. The Hall–Kier alpha value is -3.90. The number of methoxy groups -OCH3 is 1. The zero-order valence-electron chi connectivity index (χ0n) is 28.1. The molecule has 2 aliphatic heterocycles. The van der Waals surface area contributed by atoms with Crippen LogP contribution in [0.15, 0.2) is 77.9 Å². The number of fused-ring (bicyclic) bond motifs is 2. The molecule has 5 aliphatic rings. The summed E-state index contributed by atoms with van der Waals surface area (Å²) >= 11 is 0. The summed E-state index contributed by atoms with van der Waals surface area (Å²) in [5.41, 5.74) is 3.75. The van der Waals surface area contributed by atoms with E-state index in [1.54, 1.807) is 6.08 Å². The van der Waals surface area contributed by atoms with Crippen molar-refractivity contribution >= 4 is 23.6 Å². The summed E-state index contributed by atoms with van der Waals surface area (Å²) in [6, 6.07) is 9.17. The van der Waals surface area contributed by atoms with Gasteiger partial charge in [-0.05, 0) is 54.2 Å². The van der Waals surface area contributed by atoms with Crippen LogP contribution in [-0.4, -0.2) is 82.1 Å². The van der Waals surface area contributed by atoms with Crippen molar-refractivity contribution in [3.63, 3.8) is 0 Å². The van der Waals surface area contributed by atoms with Crippen molar-refractivity contribution in [3.05, 3.63) is 83.5 Å². The number of esters is 1. The molecule has 0 aromatic heterocycles. The largest absolute Gasteiger partial charge is 0.445 e. The lowest BCUT2D eigenvalue weighted by molar-refractivity contribution is -0.213. The number of rotatable bonds is 4. The third kappa shape index (κ3) is 5.24. The summed E-state index contributed by atoms with van der Waals surface area (Å²) < 4.78 is 11.9. The summed E-state index contributed by atoms with van der Waals surface area (Å²) in [6.07, 6.45) is 2.89. The zero-order valence-corrected chi connectivity index (χ0v) is 28.1. The van der Waals surface area contributed by atoms with Crippen LogP contribution in [0.3, 0.4) is 0 Å². The molecule has 3 fully saturated rings. The number of nitrogens with one attached hydrogen (secondary N) is 1. The van der Waals surface area contributed by atoms with Gasteiger partial charge in [0.15, 0.2) is 5.78 Å². The number of hydrogen-bond donors (Lipinski definition) is 5. The average molecular weight is 675 g/mol. The molecule has 0 radical (unpaired) electrons. The molecule has 6 N–H and O–H groups in total. The van der Waals surface area contributed by atoms with Crippen LogP contribution in [0.25, 0.3) is 0 Å². The molecule has 12 atom stereocenters. The van der Waals surface area contributed by atoms with E-state index in [1.165, 1.54) is 13.2 Å². The molecule has 0 bridgehead atoms. The Morgan fingerprint density at radius 2 is 1.82 bits per heavy atom. The maximum Gasteiger partial charge on any atom is 0.331 e. The topological polar surface area (TPSA) is 185 Å². The van der Waals surface area contributed by atoms with Crippen molar-refractivity contribution in [3.8, 4) is 0 Å². The molecule has 1 saturated heterocycles. The number of aliphatic hydroxyl groups excluding tert-OH is 3. The summed E-state index contributed by atoms with van der Waals surface area (Å²) in [6.45, 7) is 8.11. The van der Waals surface area contributed by atoms with E-state index in [4.69, 9.17) is 15.2 Å². The first-order valence-corrected chi connectivity index (χ1v) is 17.1. The Bertz CT molecular complexity index is 1630. The van der Waals surface area contributed by atoms with Gasteiger partial charge in [0.05, 0.1) is 30.3 Å². The molecular weight excluding hydrogens is 628 g/mol. The molecule has 49 heavy (non-hydrogen) atoms. The highest BCUT2D eigenvalue weighted by Gasteiger charge is 2.74. The van der Waals surface area contributed by atoms with E-state index in [0.29, 0.717) is 31.3 Å². The summed E-state index contributed by atoms with van der Waals surface area (Å²) in [7, 11) is 1.34. The highest BCUT2D eigenvalue weighted by Crippen LogP contribution is 2.61. The Labute approximate surface area is 285 Å². The van der Waals surface area contributed by atoms with Crippen molar-refractivity contribution in [1.29, 1.82) is 0 Å². The van der Waals surface area contributed by atoms with Gasteiger partial charge in [-0.25, -0.2) is 4.79 Å². The van der Waals surface area contributed by atoms with Gasteiger partial charge in [0.2, 0.25) is 11.5 Å². The minimum Gasteiger partial charge on any atom is -0.445 e. The summed E-state index contributed by atoms with van der Waals surface area (Å²) in [5, 5.41) is 36.5. The van der Waals surface area contributed by atoms with Crippen molar-refractivity contribution in [1.82, 2.24) is 5.32 Å². The SMILES string of the molecule is C=C1[C@@H](C)C2[C@H](Cc3ccccc3)NC(=O)[C@]23OC(=O)/C=C\C2=C(C(=O)CCC[C@@H](C)C/C=C/C3[C@@H]1O)[C@H](OC)[C@@H]1[C@@H](O)[C@@H](O)C21C(N)=O. The number of nitrogens with two attached hydrogens (primary N) is 1. The normalized spacial score (nSPS) is 42.2. The van der Waals surface area contributed by atoms with Crippen molar-refractivity contribution < 1.29 is 44.0 Å². The van der Waals surface area contributed by atoms with Crippen molar-refractivity contribution in [2.24, 2.45) is 40.7 Å². The standard InChI is InChI=1S/C38H46N2O9/c1-19-10-8-14-24-31(43)21(3)20(2)29-25(18-22-12-6-5-7-13-22)40-36(47)38(24,29)49-27(42)17-16-23-28(26(41)15-9-11-19)33(48-4)30-32(44)34(45)37(23,30)35(39)46/h5-8,12-14,16-17,19-20,24-25,29-34,43-45H,3,9-11,15,18H2,1-2,4H3,(H2,39,46)(H,40,47)/b14-8+,17-16-/t19-,20+,24?,25-,29?,30-,31+,32+,33-,34+,37?,38+/m0/s1. The smallest absolute Gasteiger partial charge is 0.331 e. The molecule has 2 amide bonds. The third-order valence-corrected chi connectivity index (χ3v) is 11.9. The van der Waals surface area contributed by atoms with Crippen LogP contribution in [0.2, 0.25) is 0 Å². The fourth-order valence-electron chi connectivity index (χ4n) is 9.40. The predicted octanol–water partition coefficient (Wildman–Crippen LogP) is 1.85. The Morgan fingerprint density at radius 1 is 1.10 bits per heavy atom. The van der Waals surface area contributed by atoms with Crippen LogP contribution < -0.4 is 11.1 Å². The second-order valence-electron chi connectivity index (χ2n) is 14.4. The van der Waals surface area contributed by atoms with E-state index in [-0.39, 0.29) is 29.3 Å². The number of ketones is 1.